The molecular formula is C10H8O6S. The van der Waals surface area contributed by atoms with E-state index in [1.807, 2.05) is 0 Å². The van der Waals surface area contributed by atoms with Gasteiger partial charge in [-0.25, -0.2) is 0 Å². The average molecular weight is 256 g/mol. The normalized spacial score (nSPS) is 11.8. The first kappa shape index (κ1) is 11.5. The number of hydrogen-bond donors (Lipinski definition) is 4. The van der Waals surface area contributed by atoms with Crippen molar-refractivity contribution in [1.82, 2.24) is 0 Å². The first-order chi connectivity index (χ1) is 7.84. The Balaban J connectivity index is 3.12. The van der Waals surface area contributed by atoms with Gasteiger partial charge in [0.05, 0.1) is 0 Å². The summed E-state index contributed by atoms with van der Waals surface area (Å²) in [7, 11) is -4.72. The molecule has 0 aliphatic heterocycles. The molecule has 0 saturated heterocycles. The van der Waals surface area contributed by atoms with Crippen molar-refractivity contribution >= 4 is 20.9 Å². The van der Waals surface area contributed by atoms with Crippen LogP contribution in [-0.4, -0.2) is 28.3 Å². The lowest BCUT2D eigenvalue weighted by Crippen LogP contribution is -2.00. The summed E-state index contributed by atoms with van der Waals surface area (Å²) in [5.74, 6) is -2.72. The van der Waals surface area contributed by atoms with Crippen molar-refractivity contribution in [3.63, 3.8) is 0 Å². The zero-order chi connectivity index (χ0) is 12.8. The largest absolute Gasteiger partial charge is 0.504 e. The van der Waals surface area contributed by atoms with Gasteiger partial charge in [-0.2, -0.15) is 8.42 Å². The van der Waals surface area contributed by atoms with Gasteiger partial charge in [-0.15, -0.1) is 0 Å². The van der Waals surface area contributed by atoms with Crippen molar-refractivity contribution in [1.29, 1.82) is 0 Å². The van der Waals surface area contributed by atoms with Crippen LogP contribution in [0.15, 0.2) is 29.2 Å². The molecule has 90 valence electrons. The highest BCUT2D eigenvalue weighted by Gasteiger charge is 2.25. The summed E-state index contributed by atoms with van der Waals surface area (Å²) in [4.78, 5) is -0.830. The minimum atomic E-state index is -4.72. The Morgan fingerprint density at radius 2 is 1.35 bits per heavy atom. The van der Waals surface area contributed by atoms with Gasteiger partial charge in [0, 0.05) is 10.8 Å². The quantitative estimate of drug-likeness (QED) is 0.450. The monoisotopic (exact) mass is 256 g/mol. The highest BCUT2D eigenvalue weighted by atomic mass is 32.2. The lowest BCUT2D eigenvalue weighted by atomic mass is 10.1. The van der Waals surface area contributed by atoms with E-state index in [9.17, 15) is 23.7 Å². The van der Waals surface area contributed by atoms with Crippen LogP contribution in [0.1, 0.15) is 0 Å². The smallest absolute Gasteiger partial charge is 0.298 e. The van der Waals surface area contributed by atoms with E-state index in [1.165, 1.54) is 24.3 Å². The zero-order valence-electron chi connectivity index (χ0n) is 8.32. The second-order valence-corrected chi connectivity index (χ2v) is 4.75. The van der Waals surface area contributed by atoms with E-state index < -0.39 is 32.3 Å². The Kier molecular flexibility index (Phi) is 2.37. The molecule has 0 heterocycles. The maximum absolute atomic E-state index is 11.1. The van der Waals surface area contributed by atoms with Gasteiger partial charge >= 0.3 is 0 Å². The molecule has 2 rings (SSSR count). The Morgan fingerprint density at radius 1 is 0.824 bits per heavy atom. The maximum Gasteiger partial charge on any atom is 0.298 e. The Morgan fingerprint density at radius 3 is 1.88 bits per heavy atom. The molecule has 2 aromatic carbocycles. The molecule has 0 saturated carbocycles. The fraction of sp³-hybridized carbons (Fsp3) is 0. The average Bonchev–Trinajstić information content (AvgIpc) is 2.24. The summed E-state index contributed by atoms with van der Waals surface area (Å²) in [5, 5.41) is 28.3. The molecule has 2 aromatic rings. The lowest BCUT2D eigenvalue weighted by Gasteiger charge is -2.10. The fourth-order valence-electron chi connectivity index (χ4n) is 1.62. The summed E-state index contributed by atoms with van der Waals surface area (Å²) in [6.07, 6.45) is 0. The summed E-state index contributed by atoms with van der Waals surface area (Å²) < 4.78 is 31.3. The van der Waals surface area contributed by atoms with Crippen LogP contribution in [0.25, 0.3) is 10.8 Å². The standard InChI is InChI=1S/C10H8O6S/c11-7-5-3-1-2-4-6(5)10(17(14,15)16)9(13)8(7)12/h1-4,11-13H,(H,14,15,16). The first-order valence-electron chi connectivity index (χ1n) is 4.47. The third kappa shape index (κ3) is 1.65. The van der Waals surface area contributed by atoms with Crippen LogP contribution in [0.5, 0.6) is 17.2 Å². The van der Waals surface area contributed by atoms with E-state index in [-0.39, 0.29) is 10.8 Å². The minimum absolute atomic E-state index is 0.00965. The molecule has 0 unspecified atom stereocenters. The number of hydrogen-bond acceptors (Lipinski definition) is 5. The van der Waals surface area contributed by atoms with Crippen LogP contribution in [-0.2, 0) is 10.1 Å². The van der Waals surface area contributed by atoms with Gasteiger partial charge in [0.25, 0.3) is 10.1 Å². The second kappa shape index (κ2) is 3.51. The van der Waals surface area contributed by atoms with Crippen molar-refractivity contribution in [2.24, 2.45) is 0 Å². The second-order valence-electron chi connectivity index (χ2n) is 3.40. The number of phenols is 3. The Bertz CT molecular complexity index is 704. The third-order valence-corrected chi connectivity index (χ3v) is 3.28. The third-order valence-electron chi connectivity index (χ3n) is 2.35. The number of fused-ring (bicyclic) bond motifs is 1. The first-order valence-corrected chi connectivity index (χ1v) is 5.91. The van der Waals surface area contributed by atoms with Crippen molar-refractivity contribution in [3.05, 3.63) is 24.3 Å². The van der Waals surface area contributed by atoms with Gasteiger partial charge < -0.3 is 15.3 Å². The maximum atomic E-state index is 11.1. The van der Waals surface area contributed by atoms with Gasteiger partial charge in [0.2, 0.25) is 5.75 Å². The van der Waals surface area contributed by atoms with Crippen LogP contribution in [0.2, 0.25) is 0 Å². The molecule has 6 nitrogen and oxygen atoms in total. The number of benzene rings is 2. The number of rotatable bonds is 1. The van der Waals surface area contributed by atoms with E-state index in [0.29, 0.717) is 0 Å². The zero-order valence-corrected chi connectivity index (χ0v) is 9.14. The molecular weight excluding hydrogens is 248 g/mol. The van der Waals surface area contributed by atoms with Gasteiger partial charge in [-0.05, 0) is 0 Å². The van der Waals surface area contributed by atoms with Crippen LogP contribution < -0.4 is 0 Å². The van der Waals surface area contributed by atoms with Crippen molar-refractivity contribution in [2.45, 2.75) is 4.90 Å². The number of aromatic hydroxyl groups is 3. The SMILES string of the molecule is O=S(=O)(O)c1c(O)c(O)c(O)c2ccccc12. The molecule has 7 heteroatoms. The molecule has 0 radical (unpaired) electrons. The Hall–Kier alpha value is -1.99. The molecule has 0 atom stereocenters. The lowest BCUT2D eigenvalue weighted by molar-refractivity contribution is 0.363. The molecule has 0 spiro atoms. The molecule has 4 N–H and O–H groups in total. The molecule has 17 heavy (non-hydrogen) atoms. The van der Waals surface area contributed by atoms with E-state index >= 15 is 0 Å². The van der Waals surface area contributed by atoms with Crippen LogP contribution in [0, 0.1) is 0 Å². The molecule has 0 aliphatic rings. The van der Waals surface area contributed by atoms with E-state index in [4.69, 9.17) is 4.55 Å². The predicted octanol–water partition coefficient (Wildman–Crippen LogP) is 1.20. The van der Waals surface area contributed by atoms with Crippen molar-refractivity contribution < 1.29 is 28.3 Å². The summed E-state index contributed by atoms with van der Waals surface area (Å²) in [5.41, 5.74) is 0. The molecule has 0 amide bonds. The number of phenolic OH excluding ortho intramolecular Hbond substituents is 3. The Labute approximate surface area is 96.1 Å². The fourth-order valence-corrected chi connectivity index (χ4v) is 2.42. The predicted molar refractivity (Wildman–Crippen MR) is 58.8 cm³/mol. The summed E-state index contributed by atoms with van der Waals surface area (Å²) >= 11 is 0. The highest BCUT2D eigenvalue weighted by Crippen LogP contribution is 2.46. The summed E-state index contributed by atoms with van der Waals surface area (Å²) in [6, 6.07) is 5.61. The van der Waals surface area contributed by atoms with E-state index in [0.717, 1.165) is 0 Å². The van der Waals surface area contributed by atoms with Gasteiger partial charge in [0.1, 0.15) is 4.90 Å². The molecule has 0 bridgehead atoms. The van der Waals surface area contributed by atoms with Crippen LogP contribution in [0.4, 0.5) is 0 Å². The minimum Gasteiger partial charge on any atom is -0.504 e. The van der Waals surface area contributed by atoms with Crippen LogP contribution in [0.3, 0.4) is 0 Å². The van der Waals surface area contributed by atoms with Gasteiger partial charge in [-0.1, -0.05) is 24.3 Å². The highest BCUT2D eigenvalue weighted by molar-refractivity contribution is 7.86. The van der Waals surface area contributed by atoms with Crippen molar-refractivity contribution in [3.8, 4) is 17.2 Å². The van der Waals surface area contributed by atoms with Gasteiger partial charge in [0.15, 0.2) is 11.5 Å². The van der Waals surface area contributed by atoms with Gasteiger partial charge in [-0.3, -0.25) is 4.55 Å². The topological polar surface area (TPSA) is 115 Å². The molecule has 0 fully saturated rings. The molecule has 0 aliphatic carbocycles. The summed E-state index contributed by atoms with van der Waals surface area (Å²) in [6.45, 7) is 0. The van der Waals surface area contributed by atoms with Crippen LogP contribution >= 0.6 is 0 Å². The molecule has 0 aromatic heterocycles. The van der Waals surface area contributed by atoms with E-state index in [2.05, 4.69) is 0 Å². The van der Waals surface area contributed by atoms with E-state index in [1.54, 1.807) is 0 Å². The van der Waals surface area contributed by atoms with Crippen molar-refractivity contribution in [2.75, 3.05) is 0 Å².